The highest BCUT2D eigenvalue weighted by Crippen LogP contribution is 2.35. The van der Waals surface area contributed by atoms with Gasteiger partial charge in [-0.25, -0.2) is 9.88 Å². The molecule has 5 heteroatoms. The van der Waals surface area contributed by atoms with Crippen molar-refractivity contribution in [3.05, 3.63) is 60.2 Å². The van der Waals surface area contributed by atoms with Crippen LogP contribution in [0.4, 0.5) is 5.88 Å². The molecule has 0 atom stereocenters. The number of nitrogens with zero attached hydrogens (tertiary/aromatic N) is 2. The molecule has 0 unspecified atom stereocenters. The summed E-state index contributed by atoms with van der Waals surface area (Å²) in [5, 5.41) is 0. The molecule has 25 heavy (non-hydrogen) atoms. The summed E-state index contributed by atoms with van der Waals surface area (Å²) >= 11 is 0. The largest absolute Gasteiger partial charge is 0.419 e. The van der Waals surface area contributed by atoms with Crippen LogP contribution in [0.5, 0.6) is 0 Å². The summed E-state index contributed by atoms with van der Waals surface area (Å²) in [5.41, 5.74) is 3.08. The third-order valence-corrected chi connectivity index (χ3v) is 3.75. The molecular weight excluding hydrogens is 316 g/mol. The smallest absolute Gasteiger partial charge is 0.238 e. The van der Waals surface area contributed by atoms with Crippen LogP contribution in [0.1, 0.15) is 19.4 Å². The topological polar surface area (TPSA) is 63.4 Å². The molecule has 3 rings (SSSR count). The van der Waals surface area contributed by atoms with E-state index in [0.29, 0.717) is 11.6 Å². The molecule has 2 aromatic carbocycles. The SMILES string of the molecule is CC(=O)N(C(C)=O)c1oc(-c2cccc(C)c2)nc1-c1ccccc1. The Balaban J connectivity index is 2.21. The number of carbonyl (C=O) groups excluding carboxylic acids is 2. The standard InChI is InChI=1S/C20H18N2O3/c1-13-8-7-11-17(12-13)19-21-18(16-9-5-4-6-10-16)20(25-19)22(14(2)23)15(3)24/h4-12H,1-3H3. The Hall–Kier alpha value is -3.21. The van der Waals surface area contributed by atoms with E-state index in [1.807, 2.05) is 61.5 Å². The molecule has 1 aromatic heterocycles. The Kier molecular flexibility index (Phi) is 4.48. The predicted octanol–water partition coefficient (Wildman–Crippen LogP) is 4.22. The van der Waals surface area contributed by atoms with Gasteiger partial charge in [-0.3, -0.25) is 9.59 Å². The summed E-state index contributed by atoms with van der Waals surface area (Å²) in [6.45, 7) is 4.62. The summed E-state index contributed by atoms with van der Waals surface area (Å²) in [4.78, 5) is 29.5. The third kappa shape index (κ3) is 3.35. The summed E-state index contributed by atoms with van der Waals surface area (Å²) in [6.07, 6.45) is 0. The van der Waals surface area contributed by atoms with Crippen molar-refractivity contribution in [1.29, 1.82) is 0 Å². The number of imide groups is 1. The normalized spacial score (nSPS) is 10.5. The Labute approximate surface area is 145 Å². The lowest BCUT2D eigenvalue weighted by Gasteiger charge is -2.14. The van der Waals surface area contributed by atoms with Crippen LogP contribution in [-0.4, -0.2) is 16.8 Å². The van der Waals surface area contributed by atoms with Crippen LogP contribution in [0.3, 0.4) is 0 Å². The van der Waals surface area contributed by atoms with E-state index in [1.54, 1.807) is 0 Å². The van der Waals surface area contributed by atoms with Crippen LogP contribution < -0.4 is 4.90 Å². The lowest BCUT2D eigenvalue weighted by atomic mass is 10.1. The number of oxazole rings is 1. The molecule has 0 saturated carbocycles. The van der Waals surface area contributed by atoms with Crippen LogP contribution in [-0.2, 0) is 9.59 Å². The molecular formula is C20H18N2O3. The average molecular weight is 334 g/mol. The summed E-state index contributed by atoms with van der Waals surface area (Å²) in [5.74, 6) is -0.332. The number of rotatable bonds is 3. The van der Waals surface area contributed by atoms with E-state index in [0.717, 1.165) is 21.6 Å². The van der Waals surface area contributed by atoms with Crippen molar-refractivity contribution in [3.8, 4) is 22.7 Å². The predicted molar refractivity (Wildman–Crippen MR) is 96.0 cm³/mol. The maximum atomic E-state index is 12.0. The first-order valence-electron chi connectivity index (χ1n) is 7.92. The van der Waals surface area contributed by atoms with Crippen LogP contribution in [0.15, 0.2) is 59.0 Å². The number of amides is 2. The van der Waals surface area contributed by atoms with Gasteiger partial charge >= 0.3 is 0 Å². The highest BCUT2D eigenvalue weighted by molar-refractivity contribution is 6.13. The molecule has 0 aliphatic heterocycles. The first-order valence-corrected chi connectivity index (χ1v) is 7.92. The second kappa shape index (κ2) is 6.73. The highest BCUT2D eigenvalue weighted by atomic mass is 16.4. The number of anilines is 1. The van der Waals surface area contributed by atoms with Gasteiger partial charge in [-0.05, 0) is 19.1 Å². The molecule has 0 N–H and O–H groups in total. The number of aryl methyl sites for hydroxylation is 1. The zero-order valence-corrected chi connectivity index (χ0v) is 14.3. The van der Waals surface area contributed by atoms with Crippen LogP contribution in [0.25, 0.3) is 22.7 Å². The fourth-order valence-corrected chi connectivity index (χ4v) is 2.66. The van der Waals surface area contributed by atoms with E-state index in [-0.39, 0.29) is 5.88 Å². The van der Waals surface area contributed by atoms with Crippen molar-refractivity contribution in [3.63, 3.8) is 0 Å². The van der Waals surface area contributed by atoms with Gasteiger partial charge in [0.15, 0.2) is 0 Å². The molecule has 0 radical (unpaired) electrons. The zero-order chi connectivity index (χ0) is 18.0. The van der Waals surface area contributed by atoms with E-state index in [9.17, 15) is 9.59 Å². The van der Waals surface area contributed by atoms with Gasteiger partial charge in [0.1, 0.15) is 5.69 Å². The van der Waals surface area contributed by atoms with Crippen LogP contribution in [0.2, 0.25) is 0 Å². The van der Waals surface area contributed by atoms with E-state index in [2.05, 4.69) is 4.98 Å². The van der Waals surface area contributed by atoms with Gasteiger partial charge in [0.25, 0.3) is 0 Å². The van der Waals surface area contributed by atoms with Gasteiger partial charge in [-0.1, -0.05) is 48.0 Å². The first kappa shape index (κ1) is 16.6. The number of hydrogen-bond acceptors (Lipinski definition) is 4. The minimum Gasteiger partial charge on any atom is -0.419 e. The summed E-state index contributed by atoms with van der Waals surface area (Å²) < 4.78 is 5.87. The Bertz CT molecular complexity index is 915. The third-order valence-electron chi connectivity index (χ3n) is 3.75. The first-order chi connectivity index (χ1) is 12.0. The van der Waals surface area contributed by atoms with Gasteiger partial charge < -0.3 is 4.42 Å². The molecule has 0 aliphatic carbocycles. The maximum Gasteiger partial charge on any atom is 0.238 e. The number of hydrogen-bond donors (Lipinski definition) is 0. The maximum absolute atomic E-state index is 12.0. The number of benzene rings is 2. The van der Waals surface area contributed by atoms with E-state index >= 15 is 0 Å². The molecule has 2 amide bonds. The van der Waals surface area contributed by atoms with Gasteiger partial charge in [0.2, 0.25) is 23.6 Å². The molecule has 0 fully saturated rings. The molecule has 1 heterocycles. The van der Waals surface area contributed by atoms with Crippen LogP contribution >= 0.6 is 0 Å². The zero-order valence-electron chi connectivity index (χ0n) is 14.3. The quantitative estimate of drug-likeness (QED) is 0.719. The Morgan fingerprint density at radius 3 is 2.16 bits per heavy atom. The van der Waals surface area contributed by atoms with Crippen molar-refractivity contribution in [2.75, 3.05) is 4.90 Å². The minimum atomic E-state index is -0.420. The molecule has 5 nitrogen and oxygen atoms in total. The van der Waals surface area contributed by atoms with Crippen molar-refractivity contribution < 1.29 is 14.0 Å². The molecule has 0 bridgehead atoms. The minimum absolute atomic E-state index is 0.141. The van der Waals surface area contributed by atoms with E-state index in [1.165, 1.54) is 13.8 Å². The van der Waals surface area contributed by atoms with Crippen molar-refractivity contribution in [1.82, 2.24) is 4.98 Å². The second-order valence-electron chi connectivity index (χ2n) is 5.78. The fraction of sp³-hybridized carbons (Fsp3) is 0.150. The summed E-state index contributed by atoms with van der Waals surface area (Å²) in [7, 11) is 0. The van der Waals surface area contributed by atoms with Gasteiger partial charge in [-0.15, -0.1) is 0 Å². The summed E-state index contributed by atoms with van der Waals surface area (Å²) in [6, 6.07) is 17.0. The van der Waals surface area contributed by atoms with Gasteiger partial charge in [0.05, 0.1) is 0 Å². The number of aromatic nitrogens is 1. The van der Waals surface area contributed by atoms with Crippen LogP contribution in [0, 0.1) is 6.92 Å². The average Bonchev–Trinajstić information content (AvgIpc) is 3.00. The van der Waals surface area contributed by atoms with Crippen molar-refractivity contribution in [2.24, 2.45) is 0 Å². The lowest BCUT2D eigenvalue weighted by Crippen LogP contribution is -2.33. The molecule has 126 valence electrons. The molecule has 0 aliphatic rings. The molecule has 0 spiro atoms. The molecule has 3 aromatic rings. The monoisotopic (exact) mass is 334 g/mol. The fourth-order valence-electron chi connectivity index (χ4n) is 2.66. The van der Waals surface area contributed by atoms with Crippen molar-refractivity contribution in [2.45, 2.75) is 20.8 Å². The van der Waals surface area contributed by atoms with Gasteiger partial charge in [0, 0.05) is 25.0 Å². The van der Waals surface area contributed by atoms with E-state index < -0.39 is 11.8 Å². The lowest BCUT2D eigenvalue weighted by molar-refractivity contribution is -0.124. The van der Waals surface area contributed by atoms with E-state index in [4.69, 9.17) is 4.42 Å². The van der Waals surface area contributed by atoms with Gasteiger partial charge in [-0.2, -0.15) is 0 Å². The van der Waals surface area contributed by atoms with Crippen molar-refractivity contribution >= 4 is 17.7 Å². The molecule has 0 saturated heterocycles. The Morgan fingerprint density at radius 2 is 1.56 bits per heavy atom. The Morgan fingerprint density at radius 1 is 0.920 bits per heavy atom. The second-order valence-corrected chi connectivity index (χ2v) is 5.78. The number of carbonyl (C=O) groups is 2. The highest BCUT2D eigenvalue weighted by Gasteiger charge is 2.27.